The van der Waals surface area contributed by atoms with Crippen LogP contribution in [0.15, 0.2) is 12.1 Å². The highest BCUT2D eigenvalue weighted by atomic mass is 16.6. The molecule has 0 saturated carbocycles. The number of ether oxygens (including phenoxy) is 1. The smallest absolute Gasteiger partial charge is 0.311 e. The molecule has 16 heavy (non-hydrogen) atoms. The third-order valence-electron chi connectivity index (χ3n) is 2.07. The maximum absolute atomic E-state index is 11.2. The summed E-state index contributed by atoms with van der Waals surface area (Å²) < 4.78 is 4.79. The Morgan fingerprint density at radius 1 is 1.50 bits per heavy atom. The Morgan fingerprint density at radius 2 is 2.12 bits per heavy atom. The maximum Gasteiger partial charge on any atom is 0.311 e. The van der Waals surface area contributed by atoms with Gasteiger partial charge in [-0.3, -0.25) is 19.7 Å². The van der Waals surface area contributed by atoms with Crippen molar-refractivity contribution < 1.29 is 19.2 Å². The quantitative estimate of drug-likeness (QED) is 0.335. The van der Waals surface area contributed by atoms with Crippen molar-refractivity contribution in [3.63, 3.8) is 0 Å². The van der Waals surface area contributed by atoms with E-state index in [1.165, 1.54) is 20.1 Å². The number of rotatable bonds is 4. The Kier molecular flexibility index (Phi) is 3.34. The third kappa shape index (κ3) is 1.90. The number of carbonyl (C=O) groups excluding carboxylic acids is 2. The monoisotopic (exact) mass is 223 g/mol. The molecule has 0 atom stereocenters. The van der Waals surface area contributed by atoms with E-state index in [4.69, 9.17) is 4.74 Å². The van der Waals surface area contributed by atoms with Crippen LogP contribution in [0.3, 0.4) is 0 Å². The highest BCUT2D eigenvalue weighted by Crippen LogP contribution is 2.32. The number of methoxy groups -OCH3 is 1. The molecule has 0 N–H and O–H groups in total. The first-order valence-corrected chi connectivity index (χ1v) is 4.34. The number of nitro groups is 1. The number of carbonyl (C=O) groups is 2. The van der Waals surface area contributed by atoms with Crippen molar-refractivity contribution in [1.29, 1.82) is 0 Å². The molecular formula is C10H9NO5. The lowest BCUT2D eigenvalue weighted by molar-refractivity contribution is -0.385. The van der Waals surface area contributed by atoms with Gasteiger partial charge < -0.3 is 4.74 Å². The van der Waals surface area contributed by atoms with Crippen LogP contribution in [0.1, 0.15) is 27.6 Å². The van der Waals surface area contributed by atoms with Crippen LogP contribution in [0.5, 0.6) is 5.75 Å². The van der Waals surface area contributed by atoms with Gasteiger partial charge in [-0.2, -0.15) is 0 Å². The number of nitrogens with zero attached hydrogens (tertiary/aromatic N) is 1. The summed E-state index contributed by atoms with van der Waals surface area (Å²) in [5.41, 5.74) is -0.323. The van der Waals surface area contributed by atoms with E-state index in [1.807, 2.05) is 0 Å². The van der Waals surface area contributed by atoms with Gasteiger partial charge in [0.05, 0.1) is 17.6 Å². The molecule has 0 amide bonds. The summed E-state index contributed by atoms with van der Waals surface area (Å²) in [6.07, 6.45) is 0.378. The fourth-order valence-electron chi connectivity index (χ4n) is 1.37. The first-order chi connectivity index (χ1) is 7.52. The van der Waals surface area contributed by atoms with Crippen LogP contribution < -0.4 is 4.74 Å². The molecule has 84 valence electrons. The van der Waals surface area contributed by atoms with Crippen molar-refractivity contribution in [2.75, 3.05) is 7.11 Å². The van der Waals surface area contributed by atoms with E-state index in [0.717, 1.165) is 6.07 Å². The number of ketones is 1. The molecule has 0 fully saturated rings. The van der Waals surface area contributed by atoms with Crippen LogP contribution in [0.2, 0.25) is 0 Å². The fourth-order valence-corrected chi connectivity index (χ4v) is 1.37. The first-order valence-electron chi connectivity index (χ1n) is 4.34. The molecule has 0 radical (unpaired) electrons. The van der Waals surface area contributed by atoms with Gasteiger partial charge in [0.2, 0.25) is 5.75 Å². The molecular weight excluding hydrogens is 214 g/mol. The summed E-state index contributed by atoms with van der Waals surface area (Å²) in [7, 11) is 1.21. The molecule has 1 aromatic rings. The van der Waals surface area contributed by atoms with Crippen LogP contribution in [0.4, 0.5) is 5.69 Å². The van der Waals surface area contributed by atoms with Crippen LogP contribution in [0, 0.1) is 10.1 Å². The predicted octanol–water partition coefficient (Wildman–Crippen LogP) is 1.62. The van der Waals surface area contributed by atoms with Crippen molar-refractivity contribution in [2.24, 2.45) is 0 Å². The molecule has 1 rings (SSSR count). The molecule has 6 nitrogen and oxygen atoms in total. The Balaban J connectivity index is 3.58. The van der Waals surface area contributed by atoms with Gasteiger partial charge in [0.25, 0.3) is 0 Å². The molecule has 0 spiro atoms. The first kappa shape index (κ1) is 11.8. The van der Waals surface area contributed by atoms with E-state index in [9.17, 15) is 19.7 Å². The number of hydrogen-bond donors (Lipinski definition) is 0. The molecule has 0 aliphatic heterocycles. The van der Waals surface area contributed by atoms with Gasteiger partial charge in [0.15, 0.2) is 12.1 Å². The second-order valence-electron chi connectivity index (χ2n) is 3.01. The summed E-state index contributed by atoms with van der Waals surface area (Å²) in [6.45, 7) is 1.27. The van der Waals surface area contributed by atoms with Crippen molar-refractivity contribution >= 4 is 17.8 Å². The summed E-state index contributed by atoms with van der Waals surface area (Å²) in [5.74, 6) is -0.539. The molecule has 0 saturated heterocycles. The summed E-state index contributed by atoms with van der Waals surface area (Å²) in [6, 6.07) is 2.38. The molecule has 1 aromatic carbocycles. The summed E-state index contributed by atoms with van der Waals surface area (Å²) >= 11 is 0. The van der Waals surface area contributed by atoms with Gasteiger partial charge in [-0.1, -0.05) is 0 Å². The zero-order valence-electron chi connectivity index (χ0n) is 8.72. The Hall–Kier alpha value is -2.24. The van der Waals surface area contributed by atoms with Crippen LogP contribution in [0.25, 0.3) is 0 Å². The number of Topliss-reactive ketones (excluding diaryl/α,β-unsaturated/α-hetero) is 1. The Morgan fingerprint density at radius 3 is 2.50 bits per heavy atom. The highest BCUT2D eigenvalue weighted by molar-refractivity contribution is 6.03. The predicted molar refractivity (Wildman–Crippen MR) is 55.0 cm³/mol. The van der Waals surface area contributed by atoms with Crippen LogP contribution in [-0.2, 0) is 0 Å². The second kappa shape index (κ2) is 4.52. The van der Waals surface area contributed by atoms with Crippen LogP contribution in [-0.4, -0.2) is 24.1 Å². The minimum atomic E-state index is -0.671. The minimum Gasteiger partial charge on any atom is -0.490 e. The zero-order valence-corrected chi connectivity index (χ0v) is 8.72. The van der Waals surface area contributed by atoms with Gasteiger partial charge in [0.1, 0.15) is 0 Å². The average Bonchev–Trinajstić information content (AvgIpc) is 2.26. The van der Waals surface area contributed by atoms with Gasteiger partial charge in [0, 0.05) is 11.6 Å². The molecule has 6 heteroatoms. The van der Waals surface area contributed by atoms with E-state index in [1.54, 1.807) is 0 Å². The number of hydrogen-bond acceptors (Lipinski definition) is 5. The van der Waals surface area contributed by atoms with Crippen molar-refractivity contribution in [3.8, 4) is 5.75 Å². The molecule has 0 heterocycles. The third-order valence-corrected chi connectivity index (χ3v) is 2.07. The van der Waals surface area contributed by atoms with Gasteiger partial charge in [-0.05, 0) is 13.0 Å². The van der Waals surface area contributed by atoms with Crippen molar-refractivity contribution in [3.05, 3.63) is 33.4 Å². The zero-order chi connectivity index (χ0) is 12.3. The summed E-state index contributed by atoms with van der Waals surface area (Å²) in [5, 5.41) is 10.7. The molecule has 0 aromatic heterocycles. The normalized spacial score (nSPS) is 9.62. The molecule has 0 unspecified atom stereocenters. The van der Waals surface area contributed by atoms with E-state index < -0.39 is 4.92 Å². The van der Waals surface area contributed by atoms with Crippen molar-refractivity contribution in [1.82, 2.24) is 0 Å². The second-order valence-corrected chi connectivity index (χ2v) is 3.01. The maximum atomic E-state index is 11.2. The minimum absolute atomic E-state index is 0.0933. The topological polar surface area (TPSA) is 86.5 Å². The molecule has 0 bridgehead atoms. The van der Waals surface area contributed by atoms with Gasteiger partial charge in [-0.25, -0.2) is 0 Å². The molecule has 0 aliphatic carbocycles. The highest BCUT2D eigenvalue weighted by Gasteiger charge is 2.22. The lowest BCUT2D eigenvalue weighted by Crippen LogP contribution is -2.04. The Bertz CT molecular complexity index is 467. The lowest BCUT2D eigenvalue weighted by atomic mass is 10.0. The van der Waals surface area contributed by atoms with E-state index >= 15 is 0 Å². The van der Waals surface area contributed by atoms with E-state index in [0.29, 0.717) is 6.29 Å². The van der Waals surface area contributed by atoms with E-state index in [2.05, 4.69) is 0 Å². The number of aldehydes is 1. The lowest BCUT2D eigenvalue weighted by Gasteiger charge is -2.07. The van der Waals surface area contributed by atoms with E-state index in [-0.39, 0.29) is 28.3 Å². The van der Waals surface area contributed by atoms with Gasteiger partial charge in [-0.15, -0.1) is 0 Å². The number of nitro benzene ring substituents is 1. The average molecular weight is 223 g/mol. The fraction of sp³-hybridized carbons (Fsp3) is 0.200. The standard InChI is InChI=1S/C10H9NO5/c1-6(13)7-3-4-9(11(14)15)10(16-2)8(7)5-12/h3-5H,1-2H3. The van der Waals surface area contributed by atoms with Crippen molar-refractivity contribution in [2.45, 2.75) is 6.92 Å². The van der Waals surface area contributed by atoms with Gasteiger partial charge >= 0.3 is 5.69 Å². The van der Waals surface area contributed by atoms with Crippen LogP contribution >= 0.6 is 0 Å². The SMILES string of the molecule is COc1c([N+](=O)[O-])ccc(C(C)=O)c1C=O. The Labute approximate surface area is 91.0 Å². The summed E-state index contributed by atoms with van der Waals surface area (Å²) in [4.78, 5) is 32.0. The molecule has 0 aliphatic rings. The largest absolute Gasteiger partial charge is 0.490 e. The number of benzene rings is 1.